The second-order valence-corrected chi connectivity index (χ2v) is 5.03. The summed E-state index contributed by atoms with van der Waals surface area (Å²) in [6, 6.07) is 4.04. The summed E-state index contributed by atoms with van der Waals surface area (Å²) in [4.78, 5) is 14.2. The van der Waals surface area contributed by atoms with Crippen LogP contribution in [0.2, 0.25) is 5.22 Å². The number of piperidine rings is 1. The first-order valence-corrected chi connectivity index (χ1v) is 6.43. The normalized spacial score (nSPS) is 28.2. The van der Waals surface area contributed by atoms with Crippen molar-refractivity contribution in [3.8, 4) is 0 Å². The molecular weight excluding hydrogens is 240 g/mol. The molecule has 5 heteroatoms. The minimum absolute atomic E-state index is 0.0321. The molecule has 1 amide bonds. The first kappa shape index (κ1) is 11.1. The fourth-order valence-corrected chi connectivity index (χ4v) is 3.04. The number of carbonyl (C=O) groups excluding carboxylic acids is 1. The molecule has 2 unspecified atom stereocenters. The first-order valence-electron chi connectivity index (χ1n) is 6.05. The van der Waals surface area contributed by atoms with Gasteiger partial charge in [0.2, 0.25) is 0 Å². The van der Waals surface area contributed by atoms with Crippen molar-refractivity contribution in [3.05, 3.63) is 23.1 Å². The van der Waals surface area contributed by atoms with E-state index in [1.807, 2.05) is 4.90 Å². The van der Waals surface area contributed by atoms with Gasteiger partial charge in [0.15, 0.2) is 11.0 Å². The fourth-order valence-electron chi connectivity index (χ4n) is 2.89. The molecule has 0 aromatic carbocycles. The average Bonchev–Trinajstić information content (AvgIpc) is 2.95. The van der Waals surface area contributed by atoms with E-state index in [2.05, 4.69) is 5.32 Å². The van der Waals surface area contributed by atoms with Gasteiger partial charge in [0.05, 0.1) is 0 Å². The second kappa shape index (κ2) is 4.35. The maximum absolute atomic E-state index is 12.3. The SMILES string of the molecule is O=C(c1ccc(Cl)o1)N1CCCC2NCCC21. The molecule has 0 bridgehead atoms. The summed E-state index contributed by atoms with van der Waals surface area (Å²) in [6.45, 7) is 1.82. The summed E-state index contributed by atoms with van der Waals surface area (Å²) in [7, 11) is 0. The molecule has 0 spiro atoms. The molecule has 3 rings (SSSR count). The molecule has 92 valence electrons. The van der Waals surface area contributed by atoms with Gasteiger partial charge in [-0.05, 0) is 49.5 Å². The Morgan fingerprint density at radius 2 is 2.35 bits per heavy atom. The molecule has 3 heterocycles. The number of fused-ring (bicyclic) bond motifs is 1. The largest absolute Gasteiger partial charge is 0.440 e. The minimum Gasteiger partial charge on any atom is -0.440 e. The molecule has 2 fully saturated rings. The Morgan fingerprint density at radius 1 is 1.47 bits per heavy atom. The predicted octanol–water partition coefficient (Wildman–Crippen LogP) is 1.90. The van der Waals surface area contributed by atoms with Crippen LogP contribution < -0.4 is 5.32 Å². The van der Waals surface area contributed by atoms with E-state index in [-0.39, 0.29) is 11.1 Å². The van der Waals surface area contributed by atoms with Gasteiger partial charge in [-0.3, -0.25) is 4.79 Å². The van der Waals surface area contributed by atoms with E-state index >= 15 is 0 Å². The van der Waals surface area contributed by atoms with Crippen LogP contribution in [0.5, 0.6) is 0 Å². The van der Waals surface area contributed by atoms with Crippen LogP contribution in [-0.2, 0) is 0 Å². The van der Waals surface area contributed by atoms with Crippen molar-refractivity contribution in [2.24, 2.45) is 0 Å². The maximum atomic E-state index is 12.3. The Balaban J connectivity index is 1.81. The van der Waals surface area contributed by atoms with Crippen molar-refractivity contribution in [2.45, 2.75) is 31.3 Å². The smallest absolute Gasteiger partial charge is 0.289 e. The lowest BCUT2D eigenvalue weighted by molar-refractivity contribution is 0.0568. The van der Waals surface area contributed by atoms with Crippen LogP contribution in [0.15, 0.2) is 16.5 Å². The van der Waals surface area contributed by atoms with E-state index in [1.54, 1.807) is 12.1 Å². The molecule has 2 aliphatic rings. The highest BCUT2D eigenvalue weighted by molar-refractivity contribution is 6.29. The number of nitrogens with one attached hydrogen (secondary N) is 1. The van der Waals surface area contributed by atoms with Crippen molar-refractivity contribution in [1.82, 2.24) is 10.2 Å². The lowest BCUT2D eigenvalue weighted by atomic mass is 9.97. The van der Waals surface area contributed by atoms with Crippen molar-refractivity contribution < 1.29 is 9.21 Å². The molecule has 2 atom stereocenters. The number of hydrogen-bond acceptors (Lipinski definition) is 3. The third-order valence-corrected chi connectivity index (χ3v) is 3.87. The molecule has 1 aromatic heterocycles. The first-order chi connectivity index (χ1) is 8.25. The van der Waals surface area contributed by atoms with Crippen LogP contribution in [0.25, 0.3) is 0 Å². The molecule has 4 nitrogen and oxygen atoms in total. The van der Waals surface area contributed by atoms with E-state index in [9.17, 15) is 4.79 Å². The fraction of sp³-hybridized carbons (Fsp3) is 0.583. The minimum atomic E-state index is -0.0321. The number of rotatable bonds is 1. The van der Waals surface area contributed by atoms with Gasteiger partial charge >= 0.3 is 0 Å². The number of nitrogens with zero attached hydrogens (tertiary/aromatic N) is 1. The maximum Gasteiger partial charge on any atom is 0.289 e. The van der Waals surface area contributed by atoms with Crippen molar-refractivity contribution in [2.75, 3.05) is 13.1 Å². The summed E-state index contributed by atoms with van der Waals surface area (Å²) in [5.41, 5.74) is 0. The zero-order valence-electron chi connectivity index (χ0n) is 9.49. The number of halogens is 1. The van der Waals surface area contributed by atoms with Crippen LogP contribution in [0.4, 0.5) is 0 Å². The molecular formula is C12H15ClN2O2. The van der Waals surface area contributed by atoms with Crippen LogP contribution >= 0.6 is 11.6 Å². The summed E-state index contributed by atoms with van der Waals surface area (Å²) in [6.07, 6.45) is 3.24. The zero-order valence-corrected chi connectivity index (χ0v) is 10.2. The molecule has 2 aliphatic heterocycles. The van der Waals surface area contributed by atoms with E-state index in [0.29, 0.717) is 17.8 Å². The van der Waals surface area contributed by atoms with Gasteiger partial charge < -0.3 is 14.6 Å². The van der Waals surface area contributed by atoms with Crippen molar-refractivity contribution in [1.29, 1.82) is 0 Å². The molecule has 0 radical (unpaired) electrons. The lowest BCUT2D eigenvalue weighted by Gasteiger charge is -2.36. The Bertz CT molecular complexity index is 432. The monoisotopic (exact) mass is 254 g/mol. The predicted molar refractivity (Wildman–Crippen MR) is 64.2 cm³/mol. The van der Waals surface area contributed by atoms with Crippen LogP contribution in [0, 0.1) is 0 Å². The topological polar surface area (TPSA) is 45.5 Å². The van der Waals surface area contributed by atoms with Gasteiger partial charge in [-0.15, -0.1) is 0 Å². The summed E-state index contributed by atoms with van der Waals surface area (Å²) < 4.78 is 5.20. The Labute approximate surface area is 105 Å². The summed E-state index contributed by atoms with van der Waals surface area (Å²) in [5.74, 6) is 0.317. The number of furan rings is 1. The number of carbonyl (C=O) groups is 1. The van der Waals surface area contributed by atoms with Gasteiger partial charge in [-0.2, -0.15) is 0 Å². The highest BCUT2D eigenvalue weighted by Crippen LogP contribution is 2.26. The van der Waals surface area contributed by atoms with Crippen LogP contribution in [0.3, 0.4) is 0 Å². The van der Waals surface area contributed by atoms with Crippen molar-refractivity contribution >= 4 is 17.5 Å². The van der Waals surface area contributed by atoms with Crippen molar-refractivity contribution in [3.63, 3.8) is 0 Å². The molecule has 1 N–H and O–H groups in total. The highest BCUT2D eigenvalue weighted by Gasteiger charge is 2.38. The average molecular weight is 255 g/mol. The molecule has 1 aromatic rings. The van der Waals surface area contributed by atoms with Crippen LogP contribution in [0.1, 0.15) is 29.8 Å². The number of hydrogen-bond donors (Lipinski definition) is 1. The van der Waals surface area contributed by atoms with E-state index in [4.69, 9.17) is 16.0 Å². The number of amides is 1. The summed E-state index contributed by atoms with van der Waals surface area (Å²) in [5, 5.41) is 3.72. The Morgan fingerprint density at radius 3 is 3.12 bits per heavy atom. The van der Waals surface area contributed by atoms with E-state index < -0.39 is 0 Å². The Kier molecular flexibility index (Phi) is 2.84. The lowest BCUT2D eigenvalue weighted by Crippen LogP contribution is -2.50. The molecule has 0 saturated carbocycles. The van der Waals surface area contributed by atoms with Crippen LogP contribution in [-0.4, -0.2) is 36.0 Å². The van der Waals surface area contributed by atoms with Gasteiger partial charge in [-0.1, -0.05) is 0 Å². The van der Waals surface area contributed by atoms with Gasteiger partial charge in [0.25, 0.3) is 5.91 Å². The zero-order chi connectivity index (χ0) is 11.8. The van der Waals surface area contributed by atoms with Gasteiger partial charge in [0.1, 0.15) is 0 Å². The molecule has 17 heavy (non-hydrogen) atoms. The standard InChI is InChI=1S/C12H15ClN2O2/c13-11-4-3-10(17-11)12(16)15-7-1-2-8-9(15)5-6-14-8/h3-4,8-9,14H,1-2,5-7H2. The highest BCUT2D eigenvalue weighted by atomic mass is 35.5. The Hall–Kier alpha value is -1.00. The van der Waals surface area contributed by atoms with E-state index in [1.165, 1.54) is 0 Å². The van der Waals surface area contributed by atoms with Gasteiger partial charge in [-0.25, -0.2) is 0 Å². The third kappa shape index (κ3) is 1.96. The number of likely N-dealkylation sites (tertiary alicyclic amines) is 1. The third-order valence-electron chi connectivity index (χ3n) is 3.67. The molecule has 0 aliphatic carbocycles. The molecule has 2 saturated heterocycles. The van der Waals surface area contributed by atoms with E-state index in [0.717, 1.165) is 32.4 Å². The summed E-state index contributed by atoms with van der Waals surface area (Å²) >= 11 is 5.70. The van der Waals surface area contributed by atoms with Gasteiger partial charge in [0, 0.05) is 18.6 Å². The quantitative estimate of drug-likeness (QED) is 0.833. The second-order valence-electron chi connectivity index (χ2n) is 4.66.